The van der Waals surface area contributed by atoms with Crippen molar-refractivity contribution in [2.24, 2.45) is 0 Å². The molecule has 0 bridgehead atoms. The lowest BCUT2D eigenvalue weighted by Gasteiger charge is -2.48. The average molecular weight is 357 g/mol. The highest BCUT2D eigenvalue weighted by molar-refractivity contribution is 5.94. The highest BCUT2D eigenvalue weighted by atomic mass is 19.4. The summed E-state index contributed by atoms with van der Waals surface area (Å²) in [6.45, 7) is 3.09. The Labute approximate surface area is 144 Å². The van der Waals surface area contributed by atoms with Crippen LogP contribution in [0.4, 0.5) is 13.2 Å². The quantitative estimate of drug-likeness (QED) is 0.839. The average Bonchev–Trinajstić information content (AvgIpc) is 2.53. The predicted molar refractivity (Wildman–Crippen MR) is 85.1 cm³/mol. The summed E-state index contributed by atoms with van der Waals surface area (Å²) in [4.78, 5) is 14.1. The van der Waals surface area contributed by atoms with Crippen molar-refractivity contribution < 1.29 is 27.8 Å². The van der Waals surface area contributed by atoms with Crippen LogP contribution in [0.3, 0.4) is 0 Å². The fourth-order valence-corrected chi connectivity index (χ4v) is 3.77. The van der Waals surface area contributed by atoms with Crippen LogP contribution < -0.4 is 0 Å². The molecule has 2 aliphatic heterocycles. The van der Waals surface area contributed by atoms with E-state index < -0.39 is 28.8 Å². The molecule has 4 nitrogen and oxygen atoms in total. The molecule has 3 rings (SSSR count). The molecule has 1 aromatic carbocycles. The maximum atomic E-state index is 12.8. The minimum Gasteiger partial charge on any atom is -0.390 e. The van der Waals surface area contributed by atoms with Crippen molar-refractivity contribution in [1.82, 2.24) is 4.90 Å². The lowest BCUT2D eigenvalue weighted by Crippen LogP contribution is -2.54. The maximum absolute atomic E-state index is 12.8. The smallest absolute Gasteiger partial charge is 0.390 e. The lowest BCUT2D eigenvalue weighted by molar-refractivity contribution is -0.170. The Morgan fingerprint density at radius 3 is 2.52 bits per heavy atom. The number of piperidine rings is 1. The summed E-state index contributed by atoms with van der Waals surface area (Å²) < 4.78 is 44.4. The number of hydrogen-bond donors (Lipinski definition) is 1. The molecule has 7 heteroatoms. The van der Waals surface area contributed by atoms with Gasteiger partial charge in [0.2, 0.25) is 0 Å². The predicted octanol–water partition coefficient (Wildman–Crippen LogP) is 3.24. The number of benzene rings is 1. The number of hydrogen-bond acceptors (Lipinski definition) is 3. The van der Waals surface area contributed by atoms with Gasteiger partial charge >= 0.3 is 6.18 Å². The van der Waals surface area contributed by atoms with Gasteiger partial charge in [-0.05, 0) is 44.4 Å². The topological polar surface area (TPSA) is 49.8 Å². The Hall–Kier alpha value is -1.60. The zero-order valence-corrected chi connectivity index (χ0v) is 14.1. The van der Waals surface area contributed by atoms with E-state index in [0.29, 0.717) is 45.4 Å². The first-order valence-corrected chi connectivity index (χ1v) is 8.43. The summed E-state index contributed by atoms with van der Waals surface area (Å²) in [5.41, 5.74) is -1.99. The van der Waals surface area contributed by atoms with Crippen molar-refractivity contribution in [1.29, 1.82) is 0 Å². The van der Waals surface area contributed by atoms with Gasteiger partial charge < -0.3 is 14.7 Å². The molecule has 0 aliphatic carbocycles. The van der Waals surface area contributed by atoms with Crippen molar-refractivity contribution in [3.8, 4) is 0 Å². The van der Waals surface area contributed by atoms with Crippen molar-refractivity contribution in [3.05, 3.63) is 35.4 Å². The van der Waals surface area contributed by atoms with E-state index in [1.165, 1.54) is 12.1 Å². The fraction of sp³-hybridized carbons (Fsp3) is 0.611. The zero-order chi connectivity index (χ0) is 18.3. The number of halogens is 3. The third-order valence-corrected chi connectivity index (χ3v) is 5.15. The van der Waals surface area contributed by atoms with Gasteiger partial charge in [-0.1, -0.05) is 6.07 Å². The summed E-state index contributed by atoms with van der Waals surface area (Å²) in [5, 5.41) is 10.3. The summed E-state index contributed by atoms with van der Waals surface area (Å²) in [7, 11) is 0. The van der Waals surface area contributed by atoms with Crippen LogP contribution in [0.1, 0.15) is 48.5 Å². The summed E-state index contributed by atoms with van der Waals surface area (Å²) in [6, 6.07) is 4.52. The number of alkyl halides is 3. The van der Waals surface area contributed by atoms with Crippen molar-refractivity contribution >= 4 is 5.91 Å². The molecule has 1 atom stereocenters. The number of aliphatic hydroxyl groups is 1. The molecule has 25 heavy (non-hydrogen) atoms. The molecule has 1 N–H and O–H groups in total. The molecule has 1 aromatic rings. The Balaban J connectivity index is 1.68. The van der Waals surface area contributed by atoms with Crippen LogP contribution in [0.5, 0.6) is 0 Å². The molecule has 2 aliphatic rings. The third kappa shape index (κ3) is 3.98. The van der Waals surface area contributed by atoms with Crippen molar-refractivity contribution in [2.75, 3.05) is 19.7 Å². The van der Waals surface area contributed by atoms with E-state index in [1.54, 1.807) is 11.8 Å². The van der Waals surface area contributed by atoms with Crippen LogP contribution in [-0.2, 0) is 10.9 Å². The molecule has 1 unspecified atom stereocenters. The van der Waals surface area contributed by atoms with E-state index in [9.17, 15) is 23.1 Å². The lowest BCUT2D eigenvalue weighted by atomic mass is 9.78. The van der Waals surface area contributed by atoms with Crippen LogP contribution in [0.2, 0.25) is 0 Å². The largest absolute Gasteiger partial charge is 0.416 e. The van der Waals surface area contributed by atoms with E-state index in [4.69, 9.17) is 4.74 Å². The van der Waals surface area contributed by atoms with Crippen LogP contribution in [-0.4, -0.2) is 46.8 Å². The van der Waals surface area contributed by atoms with Gasteiger partial charge in [0.25, 0.3) is 5.91 Å². The van der Waals surface area contributed by atoms with E-state index in [0.717, 1.165) is 12.1 Å². The SMILES string of the molecule is CC1(O)CCOC2(CCN(C(=O)c3cccc(C(F)(F)F)c3)CC2)C1. The second-order valence-corrected chi connectivity index (χ2v) is 7.33. The molecular weight excluding hydrogens is 335 g/mol. The molecule has 138 valence electrons. The minimum absolute atomic E-state index is 0.0438. The molecule has 0 aromatic heterocycles. The van der Waals surface area contributed by atoms with Gasteiger partial charge in [-0.2, -0.15) is 13.2 Å². The number of ether oxygens (including phenoxy) is 1. The molecule has 2 saturated heterocycles. The van der Waals surface area contributed by atoms with Crippen LogP contribution in [0.25, 0.3) is 0 Å². The van der Waals surface area contributed by atoms with Crippen molar-refractivity contribution in [2.45, 2.75) is 50.0 Å². The van der Waals surface area contributed by atoms with E-state index in [-0.39, 0.29) is 5.56 Å². The van der Waals surface area contributed by atoms with Crippen LogP contribution >= 0.6 is 0 Å². The van der Waals surface area contributed by atoms with E-state index in [1.807, 2.05) is 0 Å². The molecule has 1 amide bonds. The molecule has 1 spiro atoms. The normalized spacial score (nSPS) is 26.7. The van der Waals surface area contributed by atoms with Gasteiger partial charge in [0.1, 0.15) is 0 Å². The number of carbonyl (C=O) groups excluding carboxylic acids is 1. The van der Waals surface area contributed by atoms with Crippen LogP contribution in [0.15, 0.2) is 24.3 Å². The number of nitrogens with zero attached hydrogens (tertiary/aromatic N) is 1. The first-order chi connectivity index (χ1) is 11.6. The minimum atomic E-state index is -4.47. The standard InChI is InChI=1S/C18H22F3NO3/c1-16(24)7-10-25-17(12-16)5-8-22(9-6-17)15(23)13-3-2-4-14(11-13)18(19,20)21/h2-4,11,24H,5-10,12H2,1H3. The summed E-state index contributed by atoms with van der Waals surface area (Å²) >= 11 is 0. The number of amides is 1. The molecule has 2 heterocycles. The Kier molecular flexibility index (Phi) is 4.58. The molecular formula is C18H22F3NO3. The second kappa shape index (κ2) is 6.29. The highest BCUT2D eigenvalue weighted by Gasteiger charge is 2.45. The Bertz CT molecular complexity index is 649. The molecule has 0 radical (unpaired) electrons. The first-order valence-electron chi connectivity index (χ1n) is 8.43. The van der Waals surface area contributed by atoms with Gasteiger partial charge in [-0.15, -0.1) is 0 Å². The van der Waals surface area contributed by atoms with Crippen LogP contribution in [0, 0.1) is 0 Å². The van der Waals surface area contributed by atoms with E-state index >= 15 is 0 Å². The Morgan fingerprint density at radius 1 is 1.24 bits per heavy atom. The monoisotopic (exact) mass is 357 g/mol. The zero-order valence-electron chi connectivity index (χ0n) is 14.1. The van der Waals surface area contributed by atoms with Gasteiger partial charge in [0.05, 0.1) is 23.4 Å². The van der Waals surface area contributed by atoms with E-state index in [2.05, 4.69) is 0 Å². The Morgan fingerprint density at radius 2 is 1.92 bits per heavy atom. The van der Waals surface area contributed by atoms with Gasteiger partial charge in [-0.25, -0.2) is 0 Å². The highest BCUT2D eigenvalue weighted by Crippen LogP contribution is 2.39. The number of carbonyl (C=O) groups is 1. The summed E-state index contributed by atoms with van der Waals surface area (Å²) in [5.74, 6) is -0.400. The first kappa shape index (κ1) is 18.2. The third-order valence-electron chi connectivity index (χ3n) is 5.15. The fourth-order valence-electron chi connectivity index (χ4n) is 3.77. The van der Waals surface area contributed by atoms with Gasteiger partial charge in [0, 0.05) is 25.1 Å². The molecule has 2 fully saturated rings. The molecule has 0 saturated carbocycles. The number of rotatable bonds is 1. The number of likely N-dealkylation sites (tertiary alicyclic amines) is 1. The maximum Gasteiger partial charge on any atom is 0.416 e. The van der Waals surface area contributed by atoms with Gasteiger partial charge in [0.15, 0.2) is 0 Å². The van der Waals surface area contributed by atoms with Gasteiger partial charge in [-0.3, -0.25) is 4.79 Å². The summed E-state index contributed by atoms with van der Waals surface area (Å²) in [6.07, 6.45) is -2.21. The van der Waals surface area contributed by atoms with Crippen molar-refractivity contribution in [3.63, 3.8) is 0 Å². The second-order valence-electron chi connectivity index (χ2n) is 7.33.